The summed E-state index contributed by atoms with van der Waals surface area (Å²) in [6.07, 6.45) is 8.19. The number of fused-ring (bicyclic) bond motifs is 2. The maximum atomic E-state index is 14.1. The molecule has 9 nitrogen and oxygen atoms in total. The van der Waals surface area contributed by atoms with Crippen LogP contribution in [-0.2, 0) is 23.9 Å². The molecular weight excluding hydrogens is 458 g/mol. The van der Waals surface area contributed by atoms with Crippen molar-refractivity contribution < 1.29 is 29.0 Å². The van der Waals surface area contributed by atoms with Crippen LogP contribution in [-0.4, -0.2) is 119 Å². The summed E-state index contributed by atoms with van der Waals surface area (Å²) >= 11 is 1.55. The highest BCUT2D eigenvalue weighted by Crippen LogP contribution is 2.65. The number of thioether (sulfide) groups is 1. The first-order chi connectivity index (χ1) is 16.4. The summed E-state index contributed by atoms with van der Waals surface area (Å²) in [5, 5.41) is 9.47. The molecule has 3 saturated heterocycles. The standard InChI is InChI=1S/C24H33N3O6S/c1-23-5-3-14-33-22(31)18(23)17-20(29)27(8-4-13-28)19-21(30)26(7-2-6-24(17,19)34-23)10-9-25-11-15-32-16-12-25/h2-3,5-6,17-19,28H,4,7-16H2,1H3/t17-,18-,19?,23+,24-/m0/s1. The Morgan fingerprint density at radius 3 is 2.62 bits per heavy atom. The number of morpholine rings is 1. The van der Waals surface area contributed by atoms with E-state index in [1.165, 1.54) is 0 Å². The summed E-state index contributed by atoms with van der Waals surface area (Å²) in [4.78, 5) is 46.7. The molecule has 5 rings (SSSR count). The van der Waals surface area contributed by atoms with Crippen LogP contribution in [0.25, 0.3) is 0 Å². The van der Waals surface area contributed by atoms with Crippen LogP contribution < -0.4 is 0 Å². The molecule has 5 aliphatic rings. The summed E-state index contributed by atoms with van der Waals surface area (Å²) in [5.74, 6) is -2.01. The second-order valence-corrected chi connectivity index (χ2v) is 11.6. The third kappa shape index (κ3) is 3.79. The first kappa shape index (κ1) is 23.8. The van der Waals surface area contributed by atoms with E-state index in [9.17, 15) is 19.5 Å². The van der Waals surface area contributed by atoms with Crippen LogP contribution in [0, 0.1) is 11.8 Å². The van der Waals surface area contributed by atoms with Gasteiger partial charge in [-0.25, -0.2) is 0 Å². The highest BCUT2D eigenvalue weighted by Gasteiger charge is 2.73. The minimum Gasteiger partial charge on any atom is -0.461 e. The zero-order chi connectivity index (χ0) is 23.9. The molecule has 10 heteroatoms. The lowest BCUT2D eigenvalue weighted by Gasteiger charge is -2.37. The average molecular weight is 492 g/mol. The quantitative estimate of drug-likeness (QED) is 0.406. The molecule has 0 bridgehead atoms. The van der Waals surface area contributed by atoms with Crippen molar-refractivity contribution in [1.29, 1.82) is 0 Å². The molecule has 2 amide bonds. The third-order valence-electron chi connectivity index (χ3n) is 7.74. The Morgan fingerprint density at radius 1 is 1.06 bits per heavy atom. The van der Waals surface area contributed by atoms with Gasteiger partial charge in [0.2, 0.25) is 11.8 Å². The Labute approximate surface area is 204 Å². The number of rotatable bonds is 6. The van der Waals surface area contributed by atoms with Crippen molar-refractivity contribution in [2.45, 2.75) is 28.9 Å². The van der Waals surface area contributed by atoms with Crippen molar-refractivity contribution in [2.75, 3.05) is 65.7 Å². The number of carbonyl (C=O) groups is 3. The van der Waals surface area contributed by atoms with Crippen molar-refractivity contribution in [3.63, 3.8) is 0 Å². The van der Waals surface area contributed by atoms with Crippen LogP contribution in [0.1, 0.15) is 13.3 Å². The molecule has 0 aromatic heterocycles. The predicted molar refractivity (Wildman–Crippen MR) is 126 cm³/mol. The maximum absolute atomic E-state index is 14.1. The number of nitrogens with zero attached hydrogens (tertiary/aromatic N) is 3. The average Bonchev–Trinajstić information content (AvgIpc) is 3.08. The van der Waals surface area contributed by atoms with Gasteiger partial charge < -0.3 is 24.4 Å². The van der Waals surface area contributed by atoms with Crippen molar-refractivity contribution >= 4 is 29.5 Å². The smallest absolute Gasteiger partial charge is 0.311 e. The minimum absolute atomic E-state index is 0.0714. The van der Waals surface area contributed by atoms with Gasteiger partial charge in [-0.3, -0.25) is 19.3 Å². The number of hydrogen-bond donors (Lipinski definition) is 1. The summed E-state index contributed by atoms with van der Waals surface area (Å²) in [5.41, 5.74) is 0. The van der Waals surface area contributed by atoms with Crippen molar-refractivity contribution in [1.82, 2.24) is 14.7 Å². The molecule has 0 aromatic carbocycles. The van der Waals surface area contributed by atoms with Gasteiger partial charge in [0.25, 0.3) is 0 Å². The zero-order valence-electron chi connectivity index (χ0n) is 19.6. The number of cyclic esters (lactones) is 1. The number of likely N-dealkylation sites (tertiary alicyclic amines) is 1. The predicted octanol–water partition coefficient (Wildman–Crippen LogP) is -0.100. The SMILES string of the molecule is C[C@@]12C=CCOC(=O)[C@@H]1[C@H]1C(=O)N(CCCO)C3C(=O)N(CCN4CCOCC4)CC=C[C@@]31S2. The van der Waals surface area contributed by atoms with Crippen LogP contribution in [0.4, 0.5) is 0 Å². The van der Waals surface area contributed by atoms with Gasteiger partial charge in [-0.05, 0) is 19.4 Å². The summed E-state index contributed by atoms with van der Waals surface area (Å²) < 4.78 is 9.37. The van der Waals surface area contributed by atoms with Gasteiger partial charge in [-0.2, -0.15) is 0 Å². The molecule has 5 aliphatic heterocycles. The van der Waals surface area contributed by atoms with Crippen molar-refractivity contribution in [3.05, 3.63) is 24.3 Å². The lowest BCUT2D eigenvalue weighted by molar-refractivity contribution is -0.152. The number of carbonyl (C=O) groups excluding carboxylic acids is 3. The van der Waals surface area contributed by atoms with Gasteiger partial charge in [0, 0.05) is 50.6 Å². The Hall–Kier alpha value is -1.88. The molecule has 0 aliphatic carbocycles. The lowest BCUT2D eigenvalue weighted by atomic mass is 9.75. The molecule has 186 valence electrons. The molecule has 1 unspecified atom stereocenters. The second kappa shape index (κ2) is 9.29. The fraction of sp³-hybridized carbons (Fsp3) is 0.708. The molecule has 34 heavy (non-hydrogen) atoms. The molecule has 1 spiro atoms. The lowest BCUT2D eigenvalue weighted by Crippen LogP contribution is -2.54. The molecule has 3 fully saturated rings. The van der Waals surface area contributed by atoms with E-state index in [1.54, 1.807) is 16.7 Å². The fourth-order valence-corrected chi connectivity index (χ4v) is 8.32. The van der Waals surface area contributed by atoms with Crippen LogP contribution in [0.15, 0.2) is 24.3 Å². The fourth-order valence-electron chi connectivity index (χ4n) is 6.17. The van der Waals surface area contributed by atoms with E-state index in [-0.39, 0.29) is 37.5 Å². The number of aliphatic hydroxyl groups excluding tert-OH is 1. The van der Waals surface area contributed by atoms with E-state index >= 15 is 0 Å². The number of aliphatic hydroxyl groups is 1. The normalized spacial score (nSPS) is 37.8. The highest BCUT2D eigenvalue weighted by molar-refractivity contribution is 8.02. The van der Waals surface area contributed by atoms with Gasteiger partial charge >= 0.3 is 5.97 Å². The number of ether oxygens (including phenoxy) is 2. The molecular formula is C24H33N3O6S. The molecule has 5 atom stereocenters. The zero-order valence-corrected chi connectivity index (χ0v) is 20.4. The van der Waals surface area contributed by atoms with Crippen LogP contribution in [0.5, 0.6) is 0 Å². The Morgan fingerprint density at radius 2 is 1.85 bits per heavy atom. The maximum Gasteiger partial charge on any atom is 0.311 e. The Balaban J connectivity index is 1.48. The molecule has 0 saturated carbocycles. The van der Waals surface area contributed by atoms with E-state index in [0.29, 0.717) is 32.7 Å². The third-order valence-corrected chi connectivity index (χ3v) is 9.54. The molecule has 0 aromatic rings. The van der Waals surface area contributed by atoms with Crippen LogP contribution >= 0.6 is 11.8 Å². The van der Waals surface area contributed by atoms with Gasteiger partial charge in [0.15, 0.2) is 0 Å². The van der Waals surface area contributed by atoms with E-state index < -0.39 is 27.4 Å². The summed E-state index contributed by atoms with van der Waals surface area (Å²) in [6.45, 7) is 7.25. The highest BCUT2D eigenvalue weighted by atomic mass is 32.2. The molecule has 0 radical (unpaired) electrons. The van der Waals surface area contributed by atoms with Gasteiger partial charge in [0.1, 0.15) is 12.6 Å². The first-order valence-corrected chi connectivity index (χ1v) is 13.0. The minimum atomic E-state index is -0.850. The topological polar surface area (TPSA) is 99.6 Å². The van der Waals surface area contributed by atoms with E-state index in [4.69, 9.17) is 9.47 Å². The Bertz CT molecular complexity index is 905. The number of hydrogen-bond acceptors (Lipinski definition) is 8. The van der Waals surface area contributed by atoms with Gasteiger partial charge in [-0.15, -0.1) is 11.8 Å². The van der Waals surface area contributed by atoms with Crippen molar-refractivity contribution in [3.8, 4) is 0 Å². The Kier molecular flexibility index (Phi) is 6.52. The monoisotopic (exact) mass is 491 g/mol. The van der Waals surface area contributed by atoms with E-state index in [0.717, 1.165) is 19.6 Å². The molecule has 1 N–H and O–H groups in total. The molecule has 5 heterocycles. The number of esters is 1. The van der Waals surface area contributed by atoms with Gasteiger partial charge in [0.05, 0.1) is 29.8 Å². The van der Waals surface area contributed by atoms with Gasteiger partial charge in [-0.1, -0.05) is 18.2 Å². The first-order valence-electron chi connectivity index (χ1n) is 12.1. The number of amides is 2. The summed E-state index contributed by atoms with van der Waals surface area (Å²) in [6, 6.07) is -0.713. The van der Waals surface area contributed by atoms with E-state index in [1.807, 2.05) is 36.1 Å². The van der Waals surface area contributed by atoms with E-state index in [2.05, 4.69) is 4.90 Å². The summed E-state index contributed by atoms with van der Waals surface area (Å²) in [7, 11) is 0. The second-order valence-electron chi connectivity index (χ2n) is 9.78. The van der Waals surface area contributed by atoms with Crippen LogP contribution in [0.2, 0.25) is 0 Å². The van der Waals surface area contributed by atoms with Crippen LogP contribution in [0.3, 0.4) is 0 Å². The van der Waals surface area contributed by atoms with Crippen molar-refractivity contribution in [2.24, 2.45) is 11.8 Å². The largest absolute Gasteiger partial charge is 0.461 e.